The summed E-state index contributed by atoms with van der Waals surface area (Å²) in [6.45, 7) is 4.59. The van der Waals surface area contributed by atoms with Gasteiger partial charge < -0.3 is 9.47 Å². The third kappa shape index (κ3) is 4.45. The molecule has 0 radical (unpaired) electrons. The Hall–Kier alpha value is -1.77. The van der Waals surface area contributed by atoms with Gasteiger partial charge >= 0.3 is 0 Å². The predicted octanol–water partition coefficient (Wildman–Crippen LogP) is 2.54. The summed E-state index contributed by atoms with van der Waals surface area (Å²) in [4.78, 5) is 0.124. The first-order valence-corrected chi connectivity index (χ1v) is 9.57. The number of benzene rings is 1. The van der Waals surface area contributed by atoms with Gasteiger partial charge in [-0.3, -0.25) is 4.68 Å². The summed E-state index contributed by atoms with van der Waals surface area (Å²) in [6.07, 6.45) is 0.588. The molecule has 0 saturated carbocycles. The molecule has 1 heterocycles. The molecule has 138 valence electrons. The van der Waals surface area contributed by atoms with Crippen LogP contribution in [0.5, 0.6) is 11.5 Å². The van der Waals surface area contributed by atoms with Crippen molar-refractivity contribution in [3.05, 3.63) is 34.6 Å². The molecule has 9 heteroatoms. The van der Waals surface area contributed by atoms with Gasteiger partial charge in [-0.1, -0.05) is 11.6 Å². The zero-order valence-corrected chi connectivity index (χ0v) is 16.2. The van der Waals surface area contributed by atoms with Crippen LogP contribution in [0, 0.1) is 13.8 Å². The lowest BCUT2D eigenvalue weighted by atomic mass is 10.3. The lowest BCUT2D eigenvalue weighted by molar-refractivity contribution is 0.354. The van der Waals surface area contributed by atoms with E-state index in [2.05, 4.69) is 9.82 Å². The molecule has 0 aliphatic rings. The Morgan fingerprint density at radius 3 is 2.44 bits per heavy atom. The molecule has 1 N–H and O–H groups in total. The third-order valence-corrected chi connectivity index (χ3v) is 5.80. The minimum Gasteiger partial charge on any atom is -0.493 e. The lowest BCUT2D eigenvalue weighted by Gasteiger charge is -2.11. The van der Waals surface area contributed by atoms with Crippen LogP contribution in [0.3, 0.4) is 0 Å². The average Bonchev–Trinajstić information content (AvgIpc) is 2.85. The van der Waals surface area contributed by atoms with Gasteiger partial charge in [0.2, 0.25) is 10.0 Å². The number of hydrogen-bond donors (Lipinski definition) is 1. The van der Waals surface area contributed by atoms with Crippen molar-refractivity contribution in [3.63, 3.8) is 0 Å². The van der Waals surface area contributed by atoms with Crippen LogP contribution in [0.15, 0.2) is 23.1 Å². The first-order valence-electron chi connectivity index (χ1n) is 7.71. The highest BCUT2D eigenvalue weighted by molar-refractivity contribution is 7.89. The Morgan fingerprint density at radius 1 is 1.20 bits per heavy atom. The van der Waals surface area contributed by atoms with Gasteiger partial charge in [-0.25, -0.2) is 13.1 Å². The summed E-state index contributed by atoms with van der Waals surface area (Å²) in [5.74, 6) is 0.838. The smallest absolute Gasteiger partial charge is 0.240 e. The maximum absolute atomic E-state index is 12.4. The number of hydrogen-bond acceptors (Lipinski definition) is 5. The van der Waals surface area contributed by atoms with E-state index in [-0.39, 0.29) is 11.4 Å². The SMILES string of the molecule is COc1ccc(S(=O)(=O)NCCCn2nc(C)c(Cl)c2C)cc1OC. The molecule has 0 aliphatic heterocycles. The summed E-state index contributed by atoms with van der Waals surface area (Å²) in [7, 11) is -0.672. The summed E-state index contributed by atoms with van der Waals surface area (Å²) in [5.41, 5.74) is 1.65. The molecule has 0 spiro atoms. The number of nitrogens with one attached hydrogen (secondary N) is 1. The van der Waals surface area contributed by atoms with Crippen LogP contribution < -0.4 is 14.2 Å². The fourth-order valence-corrected chi connectivity index (χ4v) is 3.62. The predicted molar refractivity (Wildman–Crippen MR) is 96.1 cm³/mol. The Balaban J connectivity index is 1.98. The van der Waals surface area contributed by atoms with Gasteiger partial charge in [0.15, 0.2) is 11.5 Å². The molecule has 25 heavy (non-hydrogen) atoms. The second-order valence-electron chi connectivity index (χ2n) is 5.48. The maximum atomic E-state index is 12.4. The molecule has 1 aromatic heterocycles. The van der Waals surface area contributed by atoms with E-state index in [1.165, 1.54) is 26.4 Å². The summed E-state index contributed by atoms with van der Waals surface area (Å²) < 4.78 is 39.4. The highest BCUT2D eigenvalue weighted by atomic mass is 35.5. The summed E-state index contributed by atoms with van der Waals surface area (Å²) in [5, 5.41) is 4.97. The van der Waals surface area contributed by atoms with Gasteiger partial charge in [0, 0.05) is 19.2 Å². The van der Waals surface area contributed by atoms with Gasteiger partial charge in [0.05, 0.1) is 35.5 Å². The number of aryl methyl sites for hydroxylation is 2. The van der Waals surface area contributed by atoms with Crippen molar-refractivity contribution in [2.75, 3.05) is 20.8 Å². The van der Waals surface area contributed by atoms with Crippen molar-refractivity contribution >= 4 is 21.6 Å². The first-order chi connectivity index (χ1) is 11.8. The topological polar surface area (TPSA) is 82.5 Å². The molecule has 0 bridgehead atoms. The van der Waals surface area contributed by atoms with Crippen LogP contribution in [-0.2, 0) is 16.6 Å². The highest BCUT2D eigenvalue weighted by Crippen LogP contribution is 2.29. The third-order valence-electron chi connectivity index (χ3n) is 3.80. The molecule has 2 aromatic rings. The Kier molecular flexibility index (Phi) is 6.31. The van der Waals surface area contributed by atoms with Crippen molar-refractivity contribution < 1.29 is 17.9 Å². The standard InChI is InChI=1S/C16H22ClN3O4S/c1-11-16(17)12(2)20(19-11)9-5-8-18-25(21,22)13-6-7-14(23-3)15(10-13)24-4/h6-7,10,18H,5,8-9H2,1-4H3. The minimum absolute atomic E-state index is 0.124. The molecular formula is C16H22ClN3O4S. The Bertz CT molecular complexity index is 849. The van der Waals surface area contributed by atoms with Crippen molar-refractivity contribution in [3.8, 4) is 11.5 Å². The largest absolute Gasteiger partial charge is 0.493 e. The molecule has 0 unspecified atom stereocenters. The Labute approximate surface area is 152 Å². The number of nitrogens with zero attached hydrogens (tertiary/aromatic N) is 2. The normalized spacial score (nSPS) is 11.6. The molecule has 0 atom stereocenters. The highest BCUT2D eigenvalue weighted by Gasteiger charge is 2.16. The number of rotatable bonds is 8. The van der Waals surface area contributed by atoms with E-state index in [1.807, 2.05) is 13.8 Å². The van der Waals surface area contributed by atoms with Crippen LogP contribution in [0.25, 0.3) is 0 Å². The fraction of sp³-hybridized carbons (Fsp3) is 0.438. The van der Waals surface area contributed by atoms with E-state index in [0.717, 1.165) is 11.4 Å². The monoisotopic (exact) mass is 387 g/mol. The number of aromatic nitrogens is 2. The number of ether oxygens (including phenoxy) is 2. The number of halogens is 1. The van der Waals surface area contributed by atoms with E-state index < -0.39 is 10.0 Å². The average molecular weight is 388 g/mol. The zero-order valence-electron chi connectivity index (χ0n) is 14.7. The van der Waals surface area contributed by atoms with Crippen molar-refractivity contribution in [1.29, 1.82) is 0 Å². The van der Waals surface area contributed by atoms with Crippen LogP contribution in [-0.4, -0.2) is 39.0 Å². The molecular weight excluding hydrogens is 366 g/mol. The first kappa shape index (κ1) is 19.6. The molecule has 0 amide bonds. The van der Waals surface area contributed by atoms with Crippen LogP contribution in [0.4, 0.5) is 0 Å². The molecule has 0 saturated heterocycles. The summed E-state index contributed by atoms with van der Waals surface area (Å²) in [6, 6.07) is 4.47. The zero-order chi connectivity index (χ0) is 18.6. The molecule has 0 aliphatic carbocycles. The van der Waals surface area contributed by atoms with E-state index in [9.17, 15) is 8.42 Å². The minimum atomic E-state index is -3.63. The van der Waals surface area contributed by atoms with E-state index in [0.29, 0.717) is 29.5 Å². The van der Waals surface area contributed by atoms with Crippen LogP contribution in [0.2, 0.25) is 5.02 Å². The van der Waals surface area contributed by atoms with Gasteiger partial charge in [-0.05, 0) is 32.4 Å². The van der Waals surface area contributed by atoms with Crippen LogP contribution in [0.1, 0.15) is 17.8 Å². The summed E-state index contributed by atoms with van der Waals surface area (Å²) >= 11 is 6.10. The second kappa shape index (κ2) is 8.07. The van der Waals surface area contributed by atoms with E-state index in [1.54, 1.807) is 10.7 Å². The van der Waals surface area contributed by atoms with Gasteiger partial charge in [0.25, 0.3) is 0 Å². The van der Waals surface area contributed by atoms with Gasteiger partial charge in [0.1, 0.15) is 0 Å². The van der Waals surface area contributed by atoms with Crippen molar-refractivity contribution in [1.82, 2.24) is 14.5 Å². The number of methoxy groups -OCH3 is 2. The van der Waals surface area contributed by atoms with Gasteiger partial charge in [-0.2, -0.15) is 5.10 Å². The molecule has 7 nitrogen and oxygen atoms in total. The van der Waals surface area contributed by atoms with E-state index >= 15 is 0 Å². The van der Waals surface area contributed by atoms with Gasteiger partial charge in [-0.15, -0.1) is 0 Å². The second-order valence-corrected chi connectivity index (χ2v) is 7.62. The molecule has 0 fully saturated rings. The fourth-order valence-electron chi connectivity index (χ4n) is 2.40. The van der Waals surface area contributed by atoms with Crippen molar-refractivity contribution in [2.45, 2.75) is 31.7 Å². The van der Waals surface area contributed by atoms with E-state index in [4.69, 9.17) is 21.1 Å². The molecule has 1 aromatic carbocycles. The molecule has 2 rings (SSSR count). The van der Waals surface area contributed by atoms with Crippen molar-refractivity contribution in [2.24, 2.45) is 0 Å². The maximum Gasteiger partial charge on any atom is 0.240 e. The number of sulfonamides is 1. The quantitative estimate of drug-likeness (QED) is 0.704. The van der Waals surface area contributed by atoms with Crippen LogP contribution >= 0.6 is 11.6 Å². The lowest BCUT2D eigenvalue weighted by Crippen LogP contribution is -2.25. The Morgan fingerprint density at radius 2 is 1.88 bits per heavy atom.